The van der Waals surface area contributed by atoms with Gasteiger partial charge in [0.15, 0.2) is 11.5 Å². The third-order valence-electron chi connectivity index (χ3n) is 7.24. The molecule has 1 aromatic rings. The standard InChI is InChI=1S/C25H41N3O5S/c1-18-13-19(2)16-27(15-18)25(3,4)17-26-24(29)20-9-11-28(12-10-20)34(30,31)21-7-8-22(32-5)23(14-21)33-6/h7-8,14,18-20H,9-13,15-17H2,1-6H3,(H,26,29). The second-order valence-corrected chi connectivity index (χ2v) is 12.5. The molecule has 2 aliphatic rings. The summed E-state index contributed by atoms with van der Waals surface area (Å²) >= 11 is 0. The van der Waals surface area contributed by atoms with Crippen LogP contribution in [0.4, 0.5) is 0 Å². The van der Waals surface area contributed by atoms with Crippen LogP contribution in [0.3, 0.4) is 0 Å². The molecule has 2 fully saturated rings. The maximum atomic E-state index is 13.1. The molecule has 2 atom stereocenters. The Morgan fingerprint density at radius 2 is 1.65 bits per heavy atom. The Hall–Kier alpha value is -1.84. The zero-order valence-corrected chi connectivity index (χ0v) is 22.3. The topological polar surface area (TPSA) is 88.2 Å². The second kappa shape index (κ2) is 10.8. The Bertz CT molecular complexity index is 947. The number of carbonyl (C=O) groups excluding carboxylic acids is 1. The molecule has 0 aromatic heterocycles. The van der Waals surface area contributed by atoms with E-state index in [2.05, 4.69) is 37.9 Å². The number of carbonyl (C=O) groups is 1. The van der Waals surface area contributed by atoms with E-state index in [1.165, 1.54) is 37.1 Å². The fourth-order valence-electron chi connectivity index (χ4n) is 5.20. The van der Waals surface area contributed by atoms with Gasteiger partial charge in [-0.1, -0.05) is 13.8 Å². The SMILES string of the molecule is COc1ccc(S(=O)(=O)N2CCC(C(=O)NCC(C)(C)N3CC(C)CC(C)C3)CC2)cc1OC. The van der Waals surface area contributed by atoms with Crippen molar-refractivity contribution in [3.63, 3.8) is 0 Å². The van der Waals surface area contributed by atoms with Crippen molar-refractivity contribution < 1.29 is 22.7 Å². The summed E-state index contributed by atoms with van der Waals surface area (Å²) in [6.07, 6.45) is 2.27. The Morgan fingerprint density at radius 1 is 1.06 bits per heavy atom. The summed E-state index contributed by atoms with van der Waals surface area (Å²) in [5.41, 5.74) is -0.115. The van der Waals surface area contributed by atoms with Crippen LogP contribution in [-0.4, -0.2) is 76.0 Å². The number of nitrogens with zero attached hydrogens (tertiary/aromatic N) is 2. The number of hydrogen-bond acceptors (Lipinski definition) is 6. The number of nitrogens with one attached hydrogen (secondary N) is 1. The van der Waals surface area contributed by atoms with Gasteiger partial charge in [0.05, 0.1) is 19.1 Å². The summed E-state index contributed by atoms with van der Waals surface area (Å²) in [4.78, 5) is 15.6. The van der Waals surface area contributed by atoms with Crippen molar-refractivity contribution in [3.8, 4) is 11.5 Å². The smallest absolute Gasteiger partial charge is 0.243 e. The normalized spacial score (nSPS) is 23.5. The molecular weight excluding hydrogens is 454 g/mol. The van der Waals surface area contributed by atoms with Crippen LogP contribution in [0.1, 0.15) is 47.0 Å². The molecular formula is C25H41N3O5S. The predicted molar refractivity (Wildman–Crippen MR) is 133 cm³/mol. The average Bonchev–Trinajstić information content (AvgIpc) is 2.81. The first kappa shape index (κ1) is 26.8. The Balaban J connectivity index is 1.55. The maximum Gasteiger partial charge on any atom is 0.243 e. The van der Waals surface area contributed by atoms with Gasteiger partial charge in [-0.3, -0.25) is 9.69 Å². The quantitative estimate of drug-likeness (QED) is 0.597. The molecule has 8 nitrogen and oxygen atoms in total. The van der Waals surface area contributed by atoms with Crippen LogP contribution in [0, 0.1) is 17.8 Å². The zero-order valence-electron chi connectivity index (χ0n) is 21.5. The Morgan fingerprint density at radius 3 is 2.21 bits per heavy atom. The van der Waals surface area contributed by atoms with E-state index >= 15 is 0 Å². The van der Waals surface area contributed by atoms with E-state index in [0.717, 1.165) is 13.1 Å². The maximum absolute atomic E-state index is 13.1. The Kier molecular flexibility index (Phi) is 8.52. The number of amides is 1. The second-order valence-electron chi connectivity index (χ2n) is 10.6. The highest BCUT2D eigenvalue weighted by atomic mass is 32.2. The zero-order chi connectivity index (χ0) is 25.1. The molecule has 1 aromatic carbocycles. The van der Waals surface area contributed by atoms with Gasteiger partial charge in [-0.15, -0.1) is 0 Å². The lowest BCUT2D eigenvalue weighted by Gasteiger charge is -2.45. The molecule has 2 heterocycles. The van der Waals surface area contributed by atoms with E-state index in [9.17, 15) is 13.2 Å². The lowest BCUT2D eigenvalue weighted by molar-refractivity contribution is -0.126. The van der Waals surface area contributed by atoms with Crippen molar-refractivity contribution in [2.45, 2.75) is 57.4 Å². The average molecular weight is 496 g/mol. The number of likely N-dealkylation sites (tertiary alicyclic amines) is 1. The molecule has 3 rings (SSSR count). The summed E-state index contributed by atoms with van der Waals surface area (Å²) in [6, 6.07) is 4.61. The molecule has 1 amide bonds. The fraction of sp³-hybridized carbons (Fsp3) is 0.720. The van der Waals surface area contributed by atoms with Gasteiger partial charge < -0.3 is 14.8 Å². The van der Waals surface area contributed by atoms with E-state index in [-0.39, 0.29) is 22.3 Å². The first-order valence-electron chi connectivity index (χ1n) is 12.2. The fourth-order valence-corrected chi connectivity index (χ4v) is 6.69. The van der Waals surface area contributed by atoms with E-state index in [4.69, 9.17) is 9.47 Å². The van der Waals surface area contributed by atoms with Gasteiger partial charge >= 0.3 is 0 Å². The van der Waals surface area contributed by atoms with Crippen LogP contribution in [-0.2, 0) is 14.8 Å². The lowest BCUT2D eigenvalue weighted by atomic mass is 9.88. The minimum absolute atomic E-state index is 0.0225. The van der Waals surface area contributed by atoms with Gasteiger partial charge in [-0.2, -0.15) is 4.31 Å². The molecule has 192 valence electrons. The minimum Gasteiger partial charge on any atom is -0.493 e. The van der Waals surface area contributed by atoms with Gasteiger partial charge in [0.1, 0.15) is 0 Å². The predicted octanol–water partition coefficient (Wildman–Crippen LogP) is 2.98. The van der Waals surface area contributed by atoms with Crippen LogP contribution < -0.4 is 14.8 Å². The van der Waals surface area contributed by atoms with Crippen molar-refractivity contribution in [2.75, 3.05) is 46.9 Å². The van der Waals surface area contributed by atoms with Crippen molar-refractivity contribution in [1.82, 2.24) is 14.5 Å². The number of benzene rings is 1. The van der Waals surface area contributed by atoms with Gasteiger partial charge in [0, 0.05) is 50.2 Å². The molecule has 2 saturated heterocycles. The van der Waals surface area contributed by atoms with Gasteiger partial charge in [-0.05, 0) is 57.1 Å². The molecule has 0 saturated carbocycles. The molecule has 9 heteroatoms. The summed E-state index contributed by atoms with van der Waals surface area (Å²) in [7, 11) is -0.681. The first-order chi connectivity index (χ1) is 16.0. The monoisotopic (exact) mass is 495 g/mol. The number of sulfonamides is 1. The van der Waals surface area contributed by atoms with Crippen molar-refractivity contribution in [1.29, 1.82) is 0 Å². The molecule has 0 spiro atoms. The number of hydrogen-bond donors (Lipinski definition) is 1. The third-order valence-corrected chi connectivity index (χ3v) is 9.13. The van der Waals surface area contributed by atoms with Crippen LogP contribution in [0.2, 0.25) is 0 Å². The van der Waals surface area contributed by atoms with E-state index in [0.29, 0.717) is 55.8 Å². The third kappa shape index (κ3) is 6.04. The van der Waals surface area contributed by atoms with Gasteiger partial charge in [0.2, 0.25) is 15.9 Å². The van der Waals surface area contributed by atoms with Crippen LogP contribution in [0.15, 0.2) is 23.1 Å². The van der Waals surface area contributed by atoms with Crippen molar-refractivity contribution >= 4 is 15.9 Å². The van der Waals surface area contributed by atoms with E-state index < -0.39 is 10.0 Å². The van der Waals surface area contributed by atoms with Crippen LogP contribution in [0.25, 0.3) is 0 Å². The minimum atomic E-state index is -3.67. The molecule has 0 bridgehead atoms. The number of methoxy groups -OCH3 is 2. The van der Waals surface area contributed by atoms with Gasteiger partial charge in [-0.25, -0.2) is 8.42 Å². The number of rotatable bonds is 8. The summed E-state index contributed by atoms with van der Waals surface area (Å²) in [5.74, 6) is 2.03. The van der Waals surface area contributed by atoms with Crippen LogP contribution in [0.5, 0.6) is 11.5 Å². The molecule has 2 unspecified atom stereocenters. The van der Waals surface area contributed by atoms with Crippen molar-refractivity contribution in [3.05, 3.63) is 18.2 Å². The number of ether oxygens (including phenoxy) is 2. The Labute approximate surface area is 205 Å². The highest BCUT2D eigenvalue weighted by Crippen LogP contribution is 2.32. The summed E-state index contributed by atoms with van der Waals surface area (Å²) in [5, 5.41) is 3.15. The molecule has 34 heavy (non-hydrogen) atoms. The largest absolute Gasteiger partial charge is 0.493 e. The van der Waals surface area contributed by atoms with Crippen molar-refractivity contribution in [2.24, 2.45) is 17.8 Å². The van der Waals surface area contributed by atoms with Gasteiger partial charge in [0.25, 0.3) is 0 Å². The number of piperidine rings is 2. The van der Waals surface area contributed by atoms with E-state index in [1.807, 2.05) is 0 Å². The molecule has 0 aliphatic carbocycles. The molecule has 1 N–H and O–H groups in total. The molecule has 0 radical (unpaired) electrons. The highest BCUT2D eigenvalue weighted by Gasteiger charge is 2.35. The summed E-state index contributed by atoms with van der Waals surface area (Å²) in [6.45, 7) is 12.3. The highest BCUT2D eigenvalue weighted by molar-refractivity contribution is 7.89. The van der Waals surface area contributed by atoms with Crippen LogP contribution >= 0.6 is 0 Å². The summed E-state index contributed by atoms with van der Waals surface area (Å²) < 4.78 is 38.2. The van der Waals surface area contributed by atoms with E-state index in [1.54, 1.807) is 6.07 Å². The lowest BCUT2D eigenvalue weighted by Crippen LogP contribution is -2.56. The first-order valence-corrected chi connectivity index (χ1v) is 13.7. The molecule has 2 aliphatic heterocycles.